The second-order valence-electron chi connectivity index (χ2n) is 8.24. The van der Waals surface area contributed by atoms with Crippen molar-refractivity contribution in [1.82, 2.24) is 14.5 Å². The first-order valence-electron chi connectivity index (χ1n) is 10.6. The van der Waals surface area contributed by atoms with Crippen molar-refractivity contribution in [2.75, 3.05) is 11.4 Å². The predicted octanol–water partition coefficient (Wildman–Crippen LogP) is 4.07. The molecule has 0 bridgehead atoms. The molecular formula is C24H26N4O. The summed E-state index contributed by atoms with van der Waals surface area (Å²) < 4.78 is 1.87. The first-order valence-corrected chi connectivity index (χ1v) is 10.6. The average Bonchev–Trinajstić information content (AvgIpc) is 3.23. The van der Waals surface area contributed by atoms with Crippen molar-refractivity contribution >= 4 is 5.95 Å². The molecule has 29 heavy (non-hydrogen) atoms. The van der Waals surface area contributed by atoms with Gasteiger partial charge in [-0.2, -0.15) is 0 Å². The highest BCUT2D eigenvalue weighted by molar-refractivity contribution is 5.60. The molecule has 1 aliphatic heterocycles. The zero-order chi connectivity index (χ0) is 19.7. The van der Waals surface area contributed by atoms with Crippen LogP contribution in [0.3, 0.4) is 0 Å². The van der Waals surface area contributed by atoms with Gasteiger partial charge in [0, 0.05) is 42.7 Å². The summed E-state index contributed by atoms with van der Waals surface area (Å²) in [5, 5.41) is 0. The van der Waals surface area contributed by atoms with Crippen LogP contribution in [0.1, 0.15) is 37.7 Å². The summed E-state index contributed by atoms with van der Waals surface area (Å²) in [6, 6.07) is 16.1. The molecule has 1 saturated carbocycles. The number of pyridine rings is 1. The third kappa shape index (κ3) is 3.35. The highest BCUT2D eigenvalue weighted by Crippen LogP contribution is 2.43. The maximum atomic E-state index is 13.0. The Morgan fingerprint density at radius 2 is 1.72 bits per heavy atom. The van der Waals surface area contributed by atoms with Crippen LogP contribution in [0.5, 0.6) is 0 Å². The van der Waals surface area contributed by atoms with Gasteiger partial charge in [0.1, 0.15) is 0 Å². The predicted molar refractivity (Wildman–Crippen MR) is 115 cm³/mol. The van der Waals surface area contributed by atoms with Gasteiger partial charge in [-0.1, -0.05) is 43.2 Å². The molecule has 1 fully saturated rings. The Bertz CT molecular complexity index is 1040. The van der Waals surface area contributed by atoms with E-state index in [2.05, 4.69) is 40.2 Å². The van der Waals surface area contributed by atoms with Gasteiger partial charge in [-0.05, 0) is 43.4 Å². The molecule has 3 aromatic rings. The molecule has 1 aliphatic carbocycles. The van der Waals surface area contributed by atoms with Crippen molar-refractivity contribution in [3.8, 4) is 11.3 Å². The number of aromatic nitrogens is 3. The Morgan fingerprint density at radius 3 is 2.48 bits per heavy atom. The highest BCUT2D eigenvalue weighted by atomic mass is 16.1. The summed E-state index contributed by atoms with van der Waals surface area (Å²) in [5.41, 5.74) is 3.19. The van der Waals surface area contributed by atoms with Gasteiger partial charge in [-0.3, -0.25) is 14.3 Å². The minimum atomic E-state index is 0.0411. The van der Waals surface area contributed by atoms with Crippen LogP contribution in [0.25, 0.3) is 11.3 Å². The third-order valence-corrected chi connectivity index (χ3v) is 6.58. The molecule has 1 aromatic carbocycles. The van der Waals surface area contributed by atoms with E-state index < -0.39 is 0 Å². The molecule has 0 N–H and O–H groups in total. The summed E-state index contributed by atoms with van der Waals surface area (Å²) in [5.74, 6) is 0.841. The fourth-order valence-electron chi connectivity index (χ4n) is 5.02. The zero-order valence-electron chi connectivity index (χ0n) is 16.6. The Hall–Kier alpha value is -2.95. The van der Waals surface area contributed by atoms with Crippen LogP contribution in [-0.2, 0) is 13.0 Å². The van der Waals surface area contributed by atoms with Crippen LogP contribution in [0.2, 0.25) is 0 Å². The summed E-state index contributed by atoms with van der Waals surface area (Å²) in [6.07, 6.45) is 10.4. The molecule has 148 valence electrons. The van der Waals surface area contributed by atoms with E-state index in [4.69, 9.17) is 4.98 Å². The molecule has 2 aromatic heterocycles. The monoisotopic (exact) mass is 386 g/mol. The molecule has 0 atom stereocenters. The van der Waals surface area contributed by atoms with Crippen molar-refractivity contribution in [1.29, 1.82) is 0 Å². The van der Waals surface area contributed by atoms with E-state index >= 15 is 0 Å². The molecule has 3 heterocycles. The fourth-order valence-corrected chi connectivity index (χ4v) is 5.02. The number of fused-ring (bicyclic) bond motifs is 1. The van der Waals surface area contributed by atoms with Crippen molar-refractivity contribution < 1.29 is 0 Å². The van der Waals surface area contributed by atoms with Gasteiger partial charge in [0.15, 0.2) is 0 Å². The van der Waals surface area contributed by atoms with E-state index in [9.17, 15) is 4.79 Å². The van der Waals surface area contributed by atoms with E-state index in [-0.39, 0.29) is 11.1 Å². The van der Waals surface area contributed by atoms with Gasteiger partial charge in [0.2, 0.25) is 5.95 Å². The molecule has 1 spiro atoms. The lowest BCUT2D eigenvalue weighted by atomic mass is 9.89. The number of hydrogen-bond acceptors (Lipinski definition) is 4. The first-order chi connectivity index (χ1) is 14.3. The van der Waals surface area contributed by atoms with Crippen molar-refractivity contribution in [3.63, 3.8) is 0 Å². The lowest BCUT2D eigenvalue weighted by Crippen LogP contribution is -2.54. The molecule has 5 nitrogen and oxygen atoms in total. The molecular weight excluding hydrogens is 360 g/mol. The van der Waals surface area contributed by atoms with Crippen LogP contribution < -0.4 is 10.5 Å². The molecule has 0 amide bonds. The standard InChI is InChI=1S/C24H26N4O/c29-22-18-21(20-8-14-25-15-9-20)26-23-27(22)17-13-24(11-4-5-12-24)28(23)16-10-19-6-2-1-3-7-19/h1-3,6-9,14-15,18H,4-5,10-13,16-17H2. The normalized spacial score (nSPS) is 17.4. The number of anilines is 1. The Morgan fingerprint density at radius 1 is 0.966 bits per heavy atom. The maximum Gasteiger partial charge on any atom is 0.255 e. The lowest BCUT2D eigenvalue weighted by molar-refractivity contribution is 0.304. The largest absolute Gasteiger partial charge is 0.336 e. The second kappa shape index (κ2) is 7.47. The van der Waals surface area contributed by atoms with E-state index in [0.717, 1.165) is 43.1 Å². The molecule has 0 unspecified atom stereocenters. The van der Waals surface area contributed by atoms with Gasteiger partial charge < -0.3 is 4.90 Å². The number of hydrogen-bond donors (Lipinski definition) is 0. The average molecular weight is 386 g/mol. The topological polar surface area (TPSA) is 51.0 Å². The van der Waals surface area contributed by atoms with Gasteiger partial charge >= 0.3 is 0 Å². The summed E-state index contributed by atoms with van der Waals surface area (Å²) >= 11 is 0. The van der Waals surface area contributed by atoms with Crippen LogP contribution in [0.4, 0.5) is 5.95 Å². The van der Waals surface area contributed by atoms with E-state index in [0.29, 0.717) is 0 Å². The van der Waals surface area contributed by atoms with Crippen molar-refractivity contribution in [3.05, 3.63) is 76.8 Å². The number of benzene rings is 1. The lowest BCUT2D eigenvalue weighted by Gasteiger charge is -2.46. The number of nitrogens with zero attached hydrogens (tertiary/aromatic N) is 4. The zero-order valence-corrected chi connectivity index (χ0v) is 16.6. The molecule has 0 radical (unpaired) electrons. The van der Waals surface area contributed by atoms with Crippen LogP contribution in [0.15, 0.2) is 65.7 Å². The summed E-state index contributed by atoms with van der Waals surface area (Å²) in [7, 11) is 0. The summed E-state index contributed by atoms with van der Waals surface area (Å²) in [6.45, 7) is 1.65. The minimum absolute atomic E-state index is 0.0411. The first kappa shape index (κ1) is 18.1. The smallest absolute Gasteiger partial charge is 0.255 e. The van der Waals surface area contributed by atoms with E-state index in [1.807, 2.05) is 16.7 Å². The van der Waals surface area contributed by atoms with Gasteiger partial charge in [0.25, 0.3) is 5.56 Å². The molecule has 0 saturated heterocycles. The number of rotatable bonds is 4. The maximum absolute atomic E-state index is 13.0. The van der Waals surface area contributed by atoms with Gasteiger partial charge in [-0.25, -0.2) is 4.98 Å². The van der Waals surface area contributed by atoms with Gasteiger partial charge in [0.05, 0.1) is 5.69 Å². The summed E-state index contributed by atoms with van der Waals surface area (Å²) in [4.78, 5) is 24.5. The Labute approximate surface area is 171 Å². The second-order valence-corrected chi connectivity index (χ2v) is 8.24. The third-order valence-electron chi connectivity index (χ3n) is 6.58. The van der Waals surface area contributed by atoms with Crippen molar-refractivity contribution in [2.24, 2.45) is 0 Å². The Balaban J connectivity index is 1.57. The molecule has 5 heteroatoms. The van der Waals surface area contributed by atoms with Gasteiger partial charge in [-0.15, -0.1) is 0 Å². The minimum Gasteiger partial charge on any atom is -0.336 e. The highest BCUT2D eigenvalue weighted by Gasteiger charge is 2.43. The fraction of sp³-hybridized carbons (Fsp3) is 0.375. The Kier molecular flexibility index (Phi) is 4.66. The molecule has 2 aliphatic rings. The van der Waals surface area contributed by atoms with Crippen molar-refractivity contribution in [2.45, 2.75) is 50.6 Å². The quantitative estimate of drug-likeness (QED) is 0.678. The van der Waals surface area contributed by atoms with Crippen LogP contribution >= 0.6 is 0 Å². The van der Waals surface area contributed by atoms with E-state index in [1.54, 1.807) is 18.5 Å². The molecule has 5 rings (SSSR count). The van der Waals surface area contributed by atoms with E-state index in [1.165, 1.54) is 31.2 Å². The van der Waals surface area contributed by atoms with Crippen LogP contribution in [-0.4, -0.2) is 26.6 Å². The van der Waals surface area contributed by atoms with Crippen LogP contribution in [0, 0.1) is 0 Å². The SMILES string of the molecule is O=c1cc(-c2ccncc2)nc2n1CCC1(CCCC1)N2CCc1ccccc1.